The molecule has 2 aromatic rings. The van der Waals surface area contributed by atoms with Crippen LogP contribution < -0.4 is 10.6 Å². The van der Waals surface area contributed by atoms with Crippen LogP contribution in [0.2, 0.25) is 5.02 Å². The monoisotopic (exact) mass is 294 g/mol. The number of hydrogen-bond acceptors (Lipinski definition) is 3. The molecule has 3 N–H and O–H groups in total. The van der Waals surface area contributed by atoms with Crippen molar-refractivity contribution in [2.24, 2.45) is 0 Å². The molecule has 0 aliphatic carbocycles. The van der Waals surface area contributed by atoms with Crippen molar-refractivity contribution in [3.8, 4) is 0 Å². The fraction of sp³-hybridized carbons (Fsp3) is 0.231. The number of amides is 1. The minimum absolute atomic E-state index is 0.0277. The third kappa shape index (κ3) is 2.52. The number of halogens is 2. The smallest absolute Gasteiger partial charge is 0.241 e. The number of nitrogens with zero attached hydrogens (tertiary/aromatic N) is 1. The number of fused-ring (bicyclic) bond motifs is 1. The molecule has 0 saturated carbocycles. The molecule has 0 saturated heterocycles. The van der Waals surface area contributed by atoms with E-state index in [0.29, 0.717) is 18.7 Å². The second-order valence-electron chi connectivity index (χ2n) is 4.58. The van der Waals surface area contributed by atoms with Crippen LogP contribution in [0.5, 0.6) is 0 Å². The van der Waals surface area contributed by atoms with Crippen LogP contribution >= 0.6 is 11.6 Å². The van der Waals surface area contributed by atoms with Crippen molar-refractivity contribution in [1.29, 1.82) is 0 Å². The van der Waals surface area contributed by atoms with Gasteiger partial charge in [0, 0.05) is 18.7 Å². The molecule has 1 aliphatic rings. The molecule has 1 unspecified atom stereocenters. The summed E-state index contributed by atoms with van der Waals surface area (Å²) < 4.78 is 13.3. The van der Waals surface area contributed by atoms with Crippen molar-refractivity contribution in [3.05, 3.63) is 46.8 Å². The number of carbonyl (C=O) groups is 1. The number of hydrogen-bond donors (Lipinski definition) is 3. The Labute approximate surface area is 119 Å². The Balaban J connectivity index is 1.69. The van der Waals surface area contributed by atoms with Crippen molar-refractivity contribution in [3.63, 3.8) is 0 Å². The van der Waals surface area contributed by atoms with Crippen LogP contribution in [0.1, 0.15) is 11.4 Å². The van der Waals surface area contributed by atoms with E-state index in [2.05, 4.69) is 20.6 Å². The number of nitrogens with one attached hydrogen (secondary N) is 3. The lowest BCUT2D eigenvalue weighted by molar-refractivity contribution is -0.118. The van der Waals surface area contributed by atoms with Crippen LogP contribution in [-0.4, -0.2) is 21.9 Å². The van der Waals surface area contributed by atoms with E-state index in [1.54, 1.807) is 12.4 Å². The number of imidazole rings is 1. The molecule has 0 spiro atoms. The van der Waals surface area contributed by atoms with Crippen LogP contribution in [-0.2, 0) is 17.8 Å². The molecule has 1 aliphatic heterocycles. The lowest BCUT2D eigenvalue weighted by Crippen LogP contribution is -2.44. The van der Waals surface area contributed by atoms with Crippen molar-refractivity contribution >= 4 is 23.2 Å². The molecule has 1 atom stereocenters. The molecule has 5 nitrogen and oxygen atoms in total. The summed E-state index contributed by atoms with van der Waals surface area (Å²) in [4.78, 5) is 19.3. The Morgan fingerprint density at radius 2 is 2.35 bits per heavy atom. The van der Waals surface area contributed by atoms with Gasteiger partial charge in [0.05, 0.1) is 28.8 Å². The molecular formula is C13H12ClFN4O. The number of carbonyl (C=O) groups excluding carboxylic acids is 1. The summed E-state index contributed by atoms with van der Waals surface area (Å²) in [7, 11) is 0. The van der Waals surface area contributed by atoms with Gasteiger partial charge in [-0.1, -0.05) is 11.6 Å². The van der Waals surface area contributed by atoms with E-state index in [9.17, 15) is 9.18 Å². The first-order valence-electron chi connectivity index (χ1n) is 6.14. The highest BCUT2D eigenvalue weighted by Crippen LogP contribution is 2.19. The van der Waals surface area contributed by atoms with E-state index in [1.807, 2.05) is 0 Å². The van der Waals surface area contributed by atoms with E-state index >= 15 is 0 Å². The highest BCUT2D eigenvalue weighted by molar-refractivity contribution is 6.30. The zero-order valence-corrected chi connectivity index (χ0v) is 11.2. The van der Waals surface area contributed by atoms with Crippen LogP contribution in [0.3, 0.4) is 0 Å². The van der Waals surface area contributed by atoms with Gasteiger partial charge in [-0.3, -0.25) is 10.1 Å². The number of H-pyrrole nitrogens is 1. The Hall–Kier alpha value is -1.92. The molecule has 20 heavy (non-hydrogen) atoms. The molecular weight excluding hydrogens is 283 g/mol. The van der Waals surface area contributed by atoms with Crippen LogP contribution in [0, 0.1) is 5.82 Å². The third-order valence-corrected chi connectivity index (χ3v) is 3.54. The predicted octanol–water partition coefficient (Wildman–Crippen LogP) is 1.86. The van der Waals surface area contributed by atoms with E-state index in [4.69, 9.17) is 11.6 Å². The Kier molecular flexibility index (Phi) is 3.42. The average Bonchev–Trinajstić information content (AvgIpc) is 2.90. The lowest BCUT2D eigenvalue weighted by atomic mass is 10.0. The molecule has 1 aromatic carbocycles. The minimum Gasteiger partial charge on any atom is -0.347 e. The van der Waals surface area contributed by atoms with Gasteiger partial charge in [-0.15, -0.1) is 0 Å². The number of benzene rings is 1. The van der Waals surface area contributed by atoms with Gasteiger partial charge in [0.2, 0.25) is 5.91 Å². The maximum absolute atomic E-state index is 13.3. The molecule has 0 fully saturated rings. The van der Waals surface area contributed by atoms with Gasteiger partial charge in [0.1, 0.15) is 5.82 Å². The van der Waals surface area contributed by atoms with Crippen molar-refractivity contribution in [2.45, 2.75) is 19.0 Å². The van der Waals surface area contributed by atoms with Gasteiger partial charge in [-0.05, 0) is 18.2 Å². The second-order valence-corrected chi connectivity index (χ2v) is 4.99. The zero-order chi connectivity index (χ0) is 14.1. The van der Waals surface area contributed by atoms with Crippen LogP contribution in [0.15, 0.2) is 24.5 Å². The van der Waals surface area contributed by atoms with Crippen molar-refractivity contribution in [1.82, 2.24) is 15.3 Å². The lowest BCUT2D eigenvalue weighted by Gasteiger charge is -2.22. The Bertz CT molecular complexity index is 658. The third-order valence-electron chi connectivity index (χ3n) is 3.23. The van der Waals surface area contributed by atoms with E-state index in [-0.39, 0.29) is 17.0 Å². The number of anilines is 1. The summed E-state index contributed by atoms with van der Waals surface area (Å²) in [6, 6.07) is 3.78. The van der Waals surface area contributed by atoms with E-state index in [1.165, 1.54) is 12.1 Å². The molecule has 1 aromatic heterocycles. The normalized spacial score (nSPS) is 17.6. The van der Waals surface area contributed by atoms with Gasteiger partial charge < -0.3 is 10.3 Å². The molecule has 3 rings (SSSR count). The fourth-order valence-electron chi connectivity index (χ4n) is 2.16. The van der Waals surface area contributed by atoms with Gasteiger partial charge in [-0.25, -0.2) is 9.37 Å². The summed E-state index contributed by atoms with van der Waals surface area (Å²) in [5.74, 6) is -0.781. The largest absolute Gasteiger partial charge is 0.347 e. The summed E-state index contributed by atoms with van der Waals surface area (Å²) in [5, 5.41) is 5.80. The molecule has 0 radical (unpaired) electrons. The number of aromatic amines is 1. The SMILES string of the molecule is O=C(Nc1ccc(Cl)c(F)c1)C1Cc2nc[nH]c2CN1. The summed E-state index contributed by atoms with van der Waals surface area (Å²) in [5.41, 5.74) is 2.25. The second kappa shape index (κ2) is 5.22. The molecule has 0 bridgehead atoms. The van der Waals surface area contributed by atoms with Gasteiger partial charge in [-0.2, -0.15) is 0 Å². The van der Waals surface area contributed by atoms with E-state index < -0.39 is 5.82 Å². The average molecular weight is 295 g/mol. The first-order valence-corrected chi connectivity index (χ1v) is 6.51. The highest BCUT2D eigenvalue weighted by Gasteiger charge is 2.25. The number of rotatable bonds is 2. The summed E-state index contributed by atoms with van der Waals surface area (Å²) >= 11 is 5.60. The van der Waals surface area contributed by atoms with Crippen LogP contribution in [0.4, 0.5) is 10.1 Å². The number of aromatic nitrogens is 2. The van der Waals surface area contributed by atoms with Gasteiger partial charge in [0.15, 0.2) is 0 Å². The standard InChI is InChI=1S/C13H12ClFN4O/c14-8-2-1-7(3-9(8)15)19-13(20)11-4-10-12(5-16-11)18-6-17-10/h1-3,6,11,16H,4-5H2,(H,17,18)(H,19,20). The maximum atomic E-state index is 13.3. The highest BCUT2D eigenvalue weighted by atomic mass is 35.5. The van der Waals surface area contributed by atoms with E-state index in [0.717, 1.165) is 11.4 Å². The fourth-order valence-corrected chi connectivity index (χ4v) is 2.28. The quantitative estimate of drug-likeness (QED) is 0.792. The molecule has 7 heteroatoms. The van der Waals surface area contributed by atoms with Crippen molar-refractivity contribution < 1.29 is 9.18 Å². The topological polar surface area (TPSA) is 69.8 Å². The zero-order valence-electron chi connectivity index (χ0n) is 10.4. The Morgan fingerprint density at radius 1 is 1.50 bits per heavy atom. The summed E-state index contributed by atoms with van der Waals surface area (Å²) in [6.45, 7) is 0.558. The Morgan fingerprint density at radius 3 is 3.15 bits per heavy atom. The maximum Gasteiger partial charge on any atom is 0.241 e. The minimum atomic E-state index is -0.560. The first-order chi connectivity index (χ1) is 9.63. The van der Waals surface area contributed by atoms with Crippen LogP contribution in [0.25, 0.3) is 0 Å². The van der Waals surface area contributed by atoms with Gasteiger partial charge >= 0.3 is 0 Å². The predicted molar refractivity (Wildman–Crippen MR) is 73.0 cm³/mol. The first kappa shape index (κ1) is 13.1. The van der Waals surface area contributed by atoms with Gasteiger partial charge in [0.25, 0.3) is 0 Å². The summed E-state index contributed by atoms with van der Waals surface area (Å²) in [6.07, 6.45) is 2.11. The molecule has 1 amide bonds. The van der Waals surface area contributed by atoms with Crippen molar-refractivity contribution in [2.75, 3.05) is 5.32 Å². The molecule has 104 valence electrons. The molecule has 2 heterocycles.